The molecule has 24 heavy (non-hydrogen) atoms. The number of amides is 2. The van der Waals surface area contributed by atoms with E-state index in [1.807, 2.05) is 30.3 Å². The Kier molecular flexibility index (Phi) is 6.57. The van der Waals surface area contributed by atoms with Crippen molar-refractivity contribution in [2.75, 3.05) is 6.54 Å². The van der Waals surface area contributed by atoms with Crippen LogP contribution in [-0.4, -0.2) is 23.5 Å². The molecule has 0 saturated carbocycles. The van der Waals surface area contributed by atoms with Crippen LogP contribution in [-0.2, 0) is 16.0 Å². The molecular weight excluding hydrogens is 324 g/mol. The van der Waals surface area contributed by atoms with Gasteiger partial charge in [0.05, 0.1) is 5.56 Å². The quantitative estimate of drug-likeness (QED) is 0.755. The molecule has 0 aliphatic heterocycles. The van der Waals surface area contributed by atoms with Crippen LogP contribution >= 0.6 is 11.8 Å². The molecule has 2 aromatic carbocycles. The minimum atomic E-state index is -0.476. The summed E-state index contributed by atoms with van der Waals surface area (Å²) in [6.45, 7) is 0.172. The molecule has 124 valence electrons. The fraction of sp³-hybridized carbons (Fsp3) is 0.167. The van der Waals surface area contributed by atoms with Gasteiger partial charge in [0, 0.05) is 24.3 Å². The Morgan fingerprint density at radius 1 is 0.958 bits per heavy atom. The number of hydrogen-bond acceptors (Lipinski definition) is 4. The number of nitrogens with one attached hydrogen (secondary N) is 1. The highest BCUT2D eigenvalue weighted by Gasteiger charge is 2.14. The third-order valence-corrected chi connectivity index (χ3v) is 4.15. The second-order valence-corrected chi connectivity index (χ2v) is 6.20. The molecule has 2 aromatic rings. The molecule has 0 atom stereocenters. The van der Waals surface area contributed by atoms with E-state index in [4.69, 9.17) is 5.73 Å². The number of hydrogen-bond donors (Lipinski definition) is 2. The summed E-state index contributed by atoms with van der Waals surface area (Å²) in [5.74, 6) is -0.803. The first kappa shape index (κ1) is 17.7. The third kappa shape index (κ3) is 5.55. The van der Waals surface area contributed by atoms with Crippen molar-refractivity contribution in [1.29, 1.82) is 0 Å². The monoisotopic (exact) mass is 342 g/mol. The smallest absolute Gasteiger partial charge is 0.252 e. The zero-order valence-corrected chi connectivity index (χ0v) is 13.8. The molecule has 0 bridgehead atoms. The lowest BCUT2D eigenvalue weighted by Gasteiger charge is -2.09. The first-order valence-corrected chi connectivity index (χ1v) is 8.28. The normalized spacial score (nSPS) is 10.2. The highest BCUT2D eigenvalue weighted by atomic mass is 32.2. The summed E-state index contributed by atoms with van der Waals surface area (Å²) < 4.78 is 0. The summed E-state index contributed by atoms with van der Waals surface area (Å²) in [5, 5.41) is 2.59. The Balaban J connectivity index is 2.01. The molecule has 6 heteroatoms. The zero-order chi connectivity index (χ0) is 17.4. The van der Waals surface area contributed by atoms with E-state index in [1.54, 1.807) is 24.3 Å². The van der Waals surface area contributed by atoms with Crippen LogP contribution in [0.5, 0.6) is 0 Å². The predicted molar refractivity (Wildman–Crippen MR) is 93.6 cm³/mol. The van der Waals surface area contributed by atoms with Gasteiger partial charge >= 0.3 is 0 Å². The highest BCUT2D eigenvalue weighted by Crippen LogP contribution is 2.24. The summed E-state index contributed by atoms with van der Waals surface area (Å²) in [7, 11) is 0. The SMILES string of the molecule is NC(=O)CCNC(=O)c1ccccc1SC(=O)Cc1ccccc1. The molecule has 0 saturated heterocycles. The fourth-order valence-corrected chi connectivity index (χ4v) is 2.96. The summed E-state index contributed by atoms with van der Waals surface area (Å²) in [5.41, 5.74) is 6.39. The van der Waals surface area contributed by atoms with Gasteiger partial charge in [-0.3, -0.25) is 14.4 Å². The van der Waals surface area contributed by atoms with Crippen molar-refractivity contribution in [3.63, 3.8) is 0 Å². The van der Waals surface area contributed by atoms with Crippen molar-refractivity contribution >= 4 is 28.7 Å². The molecule has 0 aromatic heterocycles. The molecule has 5 nitrogen and oxygen atoms in total. The van der Waals surface area contributed by atoms with E-state index >= 15 is 0 Å². The predicted octanol–water partition coefficient (Wildman–Crippen LogP) is 2.15. The molecule has 0 unspecified atom stereocenters. The highest BCUT2D eigenvalue weighted by molar-refractivity contribution is 8.13. The Labute approximate surface area is 144 Å². The maximum absolute atomic E-state index is 12.2. The van der Waals surface area contributed by atoms with Gasteiger partial charge in [-0.25, -0.2) is 0 Å². The Morgan fingerprint density at radius 2 is 1.62 bits per heavy atom. The second kappa shape index (κ2) is 8.88. The molecule has 2 amide bonds. The van der Waals surface area contributed by atoms with Crippen molar-refractivity contribution in [2.45, 2.75) is 17.7 Å². The first-order valence-electron chi connectivity index (χ1n) is 7.46. The number of carbonyl (C=O) groups is 3. The molecule has 3 N–H and O–H groups in total. The van der Waals surface area contributed by atoms with Gasteiger partial charge in [-0.2, -0.15) is 0 Å². The lowest BCUT2D eigenvalue weighted by Crippen LogP contribution is -2.28. The molecule has 0 fully saturated rings. The van der Waals surface area contributed by atoms with Crippen molar-refractivity contribution in [3.05, 3.63) is 65.7 Å². The van der Waals surface area contributed by atoms with Crippen LogP contribution in [0, 0.1) is 0 Å². The van der Waals surface area contributed by atoms with Gasteiger partial charge in [-0.05, 0) is 17.7 Å². The molecule has 2 rings (SSSR count). The number of nitrogens with two attached hydrogens (primary N) is 1. The number of rotatable bonds is 7. The number of thioether (sulfide) groups is 1. The van der Waals surface area contributed by atoms with Crippen LogP contribution in [0.1, 0.15) is 22.3 Å². The summed E-state index contributed by atoms with van der Waals surface area (Å²) >= 11 is 1.04. The average Bonchev–Trinajstić information content (AvgIpc) is 2.55. The van der Waals surface area contributed by atoms with E-state index in [1.165, 1.54) is 0 Å². The van der Waals surface area contributed by atoms with Gasteiger partial charge in [-0.1, -0.05) is 54.2 Å². The van der Waals surface area contributed by atoms with Crippen molar-refractivity contribution in [1.82, 2.24) is 5.32 Å². The van der Waals surface area contributed by atoms with Gasteiger partial charge in [0.1, 0.15) is 0 Å². The lowest BCUT2D eigenvalue weighted by molar-refractivity contribution is -0.117. The van der Waals surface area contributed by atoms with Crippen LogP contribution in [0.15, 0.2) is 59.5 Å². The van der Waals surface area contributed by atoms with Crippen molar-refractivity contribution in [2.24, 2.45) is 5.73 Å². The maximum Gasteiger partial charge on any atom is 0.252 e. The van der Waals surface area contributed by atoms with Crippen LogP contribution in [0.2, 0.25) is 0 Å². The Bertz CT molecular complexity index is 732. The second-order valence-electron chi connectivity index (χ2n) is 5.10. The summed E-state index contributed by atoms with van der Waals surface area (Å²) in [6.07, 6.45) is 0.372. The first-order chi connectivity index (χ1) is 11.6. The molecule has 0 heterocycles. The van der Waals surface area contributed by atoms with E-state index < -0.39 is 5.91 Å². The summed E-state index contributed by atoms with van der Waals surface area (Å²) in [4.78, 5) is 35.7. The van der Waals surface area contributed by atoms with Gasteiger partial charge in [-0.15, -0.1) is 0 Å². The molecule has 0 aliphatic rings. The molecule has 0 aliphatic carbocycles. The van der Waals surface area contributed by atoms with E-state index in [9.17, 15) is 14.4 Å². The minimum absolute atomic E-state index is 0.0430. The van der Waals surface area contributed by atoms with Gasteiger partial charge in [0.15, 0.2) is 5.12 Å². The van der Waals surface area contributed by atoms with E-state index in [0.717, 1.165) is 17.3 Å². The lowest BCUT2D eigenvalue weighted by atomic mass is 10.2. The van der Waals surface area contributed by atoms with E-state index in [0.29, 0.717) is 16.9 Å². The van der Waals surface area contributed by atoms with Gasteiger partial charge in [0.2, 0.25) is 5.91 Å². The molecule has 0 radical (unpaired) electrons. The average molecular weight is 342 g/mol. The van der Waals surface area contributed by atoms with Crippen LogP contribution < -0.4 is 11.1 Å². The van der Waals surface area contributed by atoms with E-state index in [-0.39, 0.29) is 24.0 Å². The zero-order valence-electron chi connectivity index (χ0n) is 13.0. The van der Waals surface area contributed by atoms with Crippen LogP contribution in [0.3, 0.4) is 0 Å². The van der Waals surface area contributed by atoms with E-state index in [2.05, 4.69) is 5.32 Å². The Hall–Kier alpha value is -2.60. The topological polar surface area (TPSA) is 89.3 Å². The fourth-order valence-electron chi connectivity index (χ4n) is 2.06. The molecular formula is C18H18N2O3S. The van der Waals surface area contributed by atoms with Gasteiger partial charge in [0.25, 0.3) is 5.91 Å². The standard InChI is InChI=1S/C18H18N2O3S/c19-16(21)10-11-20-18(23)14-8-4-5-9-15(14)24-17(22)12-13-6-2-1-3-7-13/h1-9H,10-12H2,(H2,19,21)(H,20,23). The maximum atomic E-state index is 12.2. The minimum Gasteiger partial charge on any atom is -0.370 e. The number of benzene rings is 2. The van der Waals surface area contributed by atoms with Crippen molar-refractivity contribution < 1.29 is 14.4 Å². The number of primary amides is 1. The third-order valence-electron chi connectivity index (χ3n) is 3.20. The largest absolute Gasteiger partial charge is 0.370 e. The Morgan fingerprint density at radius 3 is 2.33 bits per heavy atom. The van der Waals surface area contributed by atoms with Gasteiger partial charge < -0.3 is 11.1 Å². The van der Waals surface area contributed by atoms with Crippen LogP contribution in [0.25, 0.3) is 0 Å². The van der Waals surface area contributed by atoms with Crippen LogP contribution in [0.4, 0.5) is 0 Å². The van der Waals surface area contributed by atoms with Crippen molar-refractivity contribution in [3.8, 4) is 0 Å². The molecule has 0 spiro atoms. The summed E-state index contributed by atoms with van der Waals surface area (Å²) in [6, 6.07) is 16.3. The number of carbonyl (C=O) groups excluding carboxylic acids is 3.